The zero-order valence-electron chi connectivity index (χ0n) is 8.24. The summed E-state index contributed by atoms with van der Waals surface area (Å²) in [4.78, 5) is 10.7. The molecule has 0 saturated carbocycles. The normalized spacial score (nSPS) is 12.5. The number of carboxylic acid groups (broad SMARTS) is 1. The summed E-state index contributed by atoms with van der Waals surface area (Å²) < 4.78 is 0. The van der Waals surface area contributed by atoms with Crippen molar-refractivity contribution in [3.8, 4) is 0 Å². The fraction of sp³-hybridized carbons (Fsp3) is 0.300. The highest BCUT2D eigenvalue weighted by Gasteiger charge is 2.18. The van der Waals surface area contributed by atoms with E-state index in [0.717, 1.165) is 11.1 Å². The molecule has 0 bridgehead atoms. The summed E-state index contributed by atoms with van der Waals surface area (Å²) in [6, 6.07) is 2.44. The molecule has 0 unspecified atom stereocenters. The van der Waals surface area contributed by atoms with E-state index < -0.39 is 12.0 Å². The predicted molar refractivity (Wildman–Crippen MR) is 54.9 cm³/mol. The number of aryl methyl sites for hydroxylation is 1. The Labute approximate surface area is 82.5 Å². The van der Waals surface area contributed by atoms with Gasteiger partial charge in [-0.3, -0.25) is 4.79 Å². The van der Waals surface area contributed by atoms with Gasteiger partial charge in [-0.25, -0.2) is 0 Å². The first kappa shape index (κ1) is 10.5. The Bertz CT molecular complexity index is 375. The molecule has 5 N–H and O–H groups in total. The molecule has 0 fully saturated rings. The number of hydrogen-bond donors (Lipinski definition) is 3. The van der Waals surface area contributed by atoms with Gasteiger partial charge in [0, 0.05) is 11.3 Å². The van der Waals surface area contributed by atoms with Gasteiger partial charge in [0.25, 0.3) is 0 Å². The minimum Gasteiger partial charge on any atom is -0.480 e. The molecule has 0 aliphatic heterocycles. The molecule has 4 heteroatoms. The van der Waals surface area contributed by atoms with E-state index in [2.05, 4.69) is 0 Å². The summed E-state index contributed by atoms with van der Waals surface area (Å²) in [7, 11) is 0. The first-order chi connectivity index (χ1) is 6.45. The van der Waals surface area contributed by atoms with Gasteiger partial charge in [-0.2, -0.15) is 0 Å². The van der Waals surface area contributed by atoms with Crippen molar-refractivity contribution in [3.05, 3.63) is 28.8 Å². The van der Waals surface area contributed by atoms with Crippen molar-refractivity contribution >= 4 is 11.7 Å². The smallest absolute Gasteiger partial charge is 0.325 e. The summed E-state index contributed by atoms with van der Waals surface area (Å²) in [5.74, 6) is -1.07. The Hall–Kier alpha value is -1.55. The molecule has 0 spiro atoms. The van der Waals surface area contributed by atoms with Crippen LogP contribution in [0.1, 0.15) is 22.7 Å². The van der Waals surface area contributed by atoms with Crippen LogP contribution in [0.25, 0.3) is 0 Å². The largest absolute Gasteiger partial charge is 0.480 e. The van der Waals surface area contributed by atoms with E-state index in [-0.39, 0.29) is 0 Å². The molecule has 76 valence electrons. The summed E-state index contributed by atoms with van der Waals surface area (Å²) in [5, 5.41) is 8.74. The summed E-state index contributed by atoms with van der Waals surface area (Å²) in [6.07, 6.45) is 0. The van der Waals surface area contributed by atoms with Crippen molar-refractivity contribution in [1.29, 1.82) is 0 Å². The molecule has 0 radical (unpaired) electrons. The molecule has 4 nitrogen and oxygen atoms in total. The van der Waals surface area contributed by atoms with Crippen LogP contribution in [0, 0.1) is 13.8 Å². The SMILES string of the molecule is Cc1ccc([C@H](N)C(=O)O)c(N)c1C. The second-order valence-electron chi connectivity index (χ2n) is 3.33. The van der Waals surface area contributed by atoms with Crippen LogP contribution in [0.15, 0.2) is 12.1 Å². The van der Waals surface area contributed by atoms with E-state index in [1.54, 1.807) is 6.07 Å². The highest BCUT2D eigenvalue weighted by molar-refractivity contribution is 5.78. The first-order valence-corrected chi connectivity index (χ1v) is 4.29. The number of hydrogen-bond acceptors (Lipinski definition) is 3. The van der Waals surface area contributed by atoms with Gasteiger partial charge < -0.3 is 16.6 Å². The maximum Gasteiger partial charge on any atom is 0.325 e. The van der Waals surface area contributed by atoms with Crippen molar-refractivity contribution in [1.82, 2.24) is 0 Å². The lowest BCUT2D eigenvalue weighted by molar-refractivity contribution is -0.138. The molecule has 0 aromatic heterocycles. The van der Waals surface area contributed by atoms with Crippen LogP contribution in [-0.2, 0) is 4.79 Å². The number of rotatable bonds is 2. The maximum atomic E-state index is 10.7. The quantitative estimate of drug-likeness (QED) is 0.612. The van der Waals surface area contributed by atoms with E-state index >= 15 is 0 Å². The zero-order chi connectivity index (χ0) is 10.9. The Morgan fingerprint density at radius 1 is 1.43 bits per heavy atom. The number of carbonyl (C=O) groups is 1. The van der Waals surface area contributed by atoms with Gasteiger partial charge in [-0.05, 0) is 25.0 Å². The molecule has 0 heterocycles. The van der Waals surface area contributed by atoms with E-state index in [1.807, 2.05) is 19.9 Å². The average molecular weight is 194 g/mol. The number of benzene rings is 1. The van der Waals surface area contributed by atoms with Crippen LogP contribution < -0.4 is 11.5 Å². The molecular weight excluding hydrogens is 180 g/mol. The van der Waals surface area contributed by atoms with Crippen molar-refractivity contribution in [2.24, 2.45) is 5.73 Å². The van der Waals surface area contributed by atoms with Gasteiger partial charge in [-0.1, -0.05) is 12.1 Å². The minimum atomic E-state index is -1.07. The summed E-state index contributed by atoms with van der Waals surface area (Å²) in [6.45, 7) is 3.77. The van der Waals surface area contributed by atoms with Gasteiger partial charge in [-0.15, -0.1) is 0 Å². The Morgan fingerprint density at radius 2 is 2.00 bits per heavy atom. The van der Waals surface area contributed by atoms with Crippen molar-refractivity contribution in [2.45, 2.75) is 19.9 Å². The van der Waals surface area contributed by atoms with Gasteiger partial charge in [0.2, 0.25) is 0 Å². The molecule has 1 aromatic carbocycles. The molecule has 0 amide bonds. The Balaban J connectivity index is 3.24. The van der Waals surface area contributed by atoms with Gasteiger partial charge in [0.1, 0.15) is 6.04 Å². The summed E-state index contributed by atoms with van der Waals surface area (Å²) in [5.41, 5.74) is 14.1. The monoisotopic (exact) mass is 194 g/mol. The predicted octanol–water partition coefficient (Wildman–Crippen LogP) is 0.970. The number of carboxylic acids is 1. The van der Waals surface area contributed by atoms with E-state index in [9.17, 15) is 4.79 Å². The number of nitrogen functional groups attached to an aromatic ring is 1. The van der Waals surface area contributed by atoms with E-state index in [4.69, 9.17) is 16.6 Å². The average Bonchev–Trinajstić information content (AvgIpc) is 2.13. The van der Waals surface area contributed by atoms with Crippen LogP contribution in [0.4, 0.5) is 5.69 Å². The molecule has 14 heavy (non-hydrogen) atoms. The molecule has 0 aliphatic rings. The third kappa shape index (κ3) is 1.70. The summed E-state index contributed by atoms with van der Waals surface area (Å²) >= 11 is 0. The van der Waals surface area contributed by atoms with Crippen molar-refractivity contribution in [2.75, 3.05) is 5.73 Å². The second-order valence-corrected chi connectivity index (χ2v) is 3.33. The molecule has 1 rings (SSSR count). The standard InChI is InChI=1S/C10H14N2O2/c1-5-3-4-7(8(11)6(5)2)9(12)10(13)14/h3-4,9H,11-12H2,1-2H3,(H,13,14)/t9-/m0/s1. The highest BCUT2D eigenvalue weighted by atomic mass is 16.4. The van der Waals surface area contributed by atoms with Crippen molar-refractivity contribution in [3.63, 3.8) is 0 Å². The third-order valence-corrected chi connectivity index (χ3v) is 2.42. The van der Waals surface area contributed by atoms with Crippen LogP contribution >= 0.6 is 0 Å². The van der Waals surface area contributed by atoms with E-state index in [1.165, 1.54) is 0 Å². The molecule has 0 saturated heterocycles. The zero-order valence-corrected chi connectivity index (χ0v) is 8.24. The number of anilines is 1. The third-order valence-electron chi connectivity index (χ3n) is 2.42. The topological polar surface area (TPSA) is 89.3 Å². The maximum absolute atomic E-state index is 10.7. The van der Waals surface area contributed by atoms with Crippen LogP contribution in [0.5, 0.6) is 0 Å². The molecular formula is C10H14N2O2. The van der Waals surface area contributed by atoms with E-state index in [0.29, 0.717) is 11.3 Å². The van der Waals surface area contributed by atoms with Gasteiger partial charge in [0.15, 0.2) is 0 Å². The fourth-order valence-electron chi connectivity index (χ4n) is 1.26. The lowest BCUT2D eigenvalue weighted by Crippen LogP contribution is -2.22. The number of nitrogens with two attached hydrogens (primary N) is 2. The van der Waals surface area contributed by atoms with Crippen LogP contribution in [-0.4, -0.2) is 11.1 Å². The van der Waals surface area contributed by atoms with Gasteiger partial charge >= 0.3 is 5.97 Å². The minimum absolute atomic E-state index is 0.472. The lowest BCUT2D eigenvalue weighted by atomic mass is 9.99. The second kappa shape index (κ2) is 3.67. The van der Waals surface area contributed by atoms with Crippen molar-refractivity contribution < 1.29 is 9.90 Å². The highest BCUT2D eigenvalue weighted by Crippen LogP contribution is 2.24. The fourth-order valence-corrected chi connectivity index (χ4v) is 1.26. The molecule has 0 aliphatic carbocycles. The lowest BCUT2D eigenvalue weighted by Gasteiger charge is -2.13. The van der Waals surface area contributed by atoms with Gasteiger partial charge in [0.05, 0.1) is 0 Å². The van der Waals surface area contributed by atoms with Crippen LogP contribution in [0.3, 0.4) is 0 Å². The van der Waals surface area contributed by atoms with Crippen LogP contribution in [0.2, 0.25) is 0 Å². The Kier molecular flexibility index (Phi) is 2.76. The molecule has 1 atom stereocenters. The first-order valence-electron chi connectivity index (χ1n) is 4.29. The number of aliphatic carboxylic acids is 1. The Morgan fingerprint density at radius 3 is 2.50 bits per heavy atom. The molecule has 1 aromatic rings.